The molecule has 0 saturated carbocycles. The summed E-state index contributed by atoms with van der Waals surface area (Å²) in [5.41, 5.74) is 3.38. The maximum Gasteiger partial charge on any atom is 0.320 e. The number of rotatable bonds is 8. The van der Waals surface area contributed by atoms with Gasteiger partial charge in [-0.2, -0.15) is 0 Å². The minimum absolute atomic E-state index is 0.0152. The van der Waals surface area contributed by atoms with Crippen molar-refractivity contribution >= 4 is 23.1 Å². The molecule has 4 nitrogen and oxygen atoms in total. The Labute approximate surface area is 162 Å². The van der Waals surface area contributed by atoms with Gasteiger partial charge in [-0.05, 0) is 31.4 Å². The Morgan fingerprint density at radius 1 is 1.19 bits per heavy atom. The second kappa shape index (κ2) is 8.73. The molecule has 0 spiro atoms. The summed E-state index contributed by atoms with van der Waals surface area (Å²) < 4.78 is 5.37. The minimum atomic E-state index is -0.447. The van der Waals surface area contributed by atoms with Gasteiger partial charge >= 0.3 is 5.97 Å². The fourth-order valence-electron chi connectivity index (χ4n) is 4.43. The number of carbonyl (C=O) groups is 1. The van der Waals surface area contributed by atoms with Crippen molar-refractivity contribution in [2.24, 2.45) is 4.99 Å². The molecule has 3 rings (SSSR count). The van der Waals surface area contributed by atoms with E-state index in [0.29, 0.717) is 6.61 Å². The van der Waals surface area contributed by atoms with Crippen LogP contribution in [0.1, 0.15) is 76.5 Å². The van der Waals surface area contributed by atoms with E-state index in [1.807, 2.05) is 19.2 Å². The Kier molecular flexibility index (Phi) is 6.35. The van der Waals surface area contributed by atoms with Gasteiger partial charge < -0.3 is 9.72 Å². The number of benzene rings is 1. The van der Waals surface area contributed by atoms with Crippen LogP contribution in [-0.2, 0) is 14.9 Å². The predicted octanol–water partition coefficient (Wildman–Crippen LogP) is 5.52. The van der Waals surface area contributed by atoms with Gasteiger partial charge in [-0.1, -0.05) is 57.7 Å². The Balaban J connectivity index is 2.20. The average Bonchev–Trinajstić information content (AvgIpc) is 2.99. The molecule has 0 radical (unpaired) electrons. The Morgan fingerprint density at radius 3 is 2.56 bits per heavy atom. The van der Waals surface area contributed by atoms with Crippen LogP contribution in [0.5, 0.6) is 0 Å². The van der Waals surface area contributed by atoms with Gasteiger partial charge in [-0.3, -0.25) is 9.79 Å². The monoisotopic (exact) mass is 368 g/mol. The lowest BCUT2D eigenvalue weighted by Gasteiger charge is -2.33. The fraction of sp³-hybridized carbons (Fsp3) is 0.565. The number of aliphatic imine (C=N–C) groups is 1. The summed E-state index contributed by atoms with van der Waals surface area (Å²) in [4.78, 5) is 21.0. The number of nitrogens with zero attached hydrogens (tertiary/aromatic N) is 1. The molecular formula is C23H32N2O2. The lowest BCUT2D eigenvalue weighted by Crippen LogP contribution is -2.31. The van der Waals surface area contributed by atoms with E-state index in [9.17, 15) is 4.79 Å². The van der Waals surface area contributed by atoms with Crippen molar-refractivity contribution in [2.45, 2.75) is 70.6 Å². The standard InChI is InChI=1S/C23H32N2O2/c1-4-7-13-23(14-8-5-2)16-24-15-18(22(26)27-6-3)21-20(23)17-11-9-10-12-19(17)25-21/h9-12,15,18,25H,4-8,13-14,16H2,1-3H3. The maximum atomic E-state index is 12.7. The quantitative estimate of drug-likeness (QED) is 0.624. The third-order valence-corrected chi connectivity index (χ3v) is 5.78. The topological polar surface area (TPSA) is 54.4 Å². The van der Waals surface area contributed by atoms with Gasteiger partial charge in [0, 0.05) is 34.8 Å². The number of fused-ring (bicyclic) bond motifs is 3. The lowest BCUT2D eigenvalue weighted by atomic mass is 9.71. The predicted molar refractivity (Wildman–Crippen MR) is 112 cm³/mol. The number of nitrogens with one attached hydrogen (secondary N) is 1. The van der Waals surface area contributed by atoms with Crippen molar-refractivity contribution in [3.63, 3.8) is 0 Å². The van der Waals surface area contributed by atoms with E-state index in [1.54, 1.807) is 0 Å². The number of unbranched alkanes of at least 4 members (excludes halogenated alkanes) is 2. The molecule has 2 heterocycles. The molecule has 0 amide bonds. The Morgan fingerprint density at radius 2 is 1.89 bits per heavy atom. The first-order valence-electron chi connectivity index (χ1n) is 10.4. The van der Waals surface area contributed by atoms with Gasteiger partial charge in [0.2, 0.25) is 0 Å². The molecule has 1 aromatic carbocycles. The number of carbonyl (C=O) groups excluding carboxylic acids is 1. The summed E-state index contributed by atoms with van der Waals surface area (Å²) in [6.45, 7) is 7.47. The summed E-state index contributed by atoms with van der Waals surface area (Å²) >= 11 is 0. The van der Waals surface area contributed by atoms with Gasteiger partial charge in [0.1, 0.15) is 5.92 Å². The summed E-state index contributed by atoms with van der Waals surface area (Å²) in [5, 5.41) is 1.24. The number of hydrogen-bond acceptors (Lipinski definition) is 3. The molecule has 0 bridgehead atoms. The van der Waals surface area contributed by atoms with Crippen LogP contribution in [0.3, 0.4) is 0 Å². The smallest absolute Gasteiger partial charge is 0.320 e. The van der Waals surface area contributed by atoms with Gasteiger partial charge in [0.15, 0.2) is 0 Å². The summed E-state index contributed by atoms with van der Waals surface area (Å²) in [6.07, 6.45) is 8.68. The van der Waals surface area contributed by atoms with Crippen molar-refractivity contribution in [3.05, 3.63) is 35.5 Å². The number of para-hydroxylation sites is 1. The fourth-order valence-corrected chi connectivity index (χ4v) is 4.43. The van der Waals surface area contributed by atoms with Gasteiger partial charge in [-0.25, -0.2) is 0 Å². The van der Waals surface area contributed by atoms with E-state index >= 15 is 0 Å². The van der Waals surface area contributed by atoms with Gasteiger partial charge in [-0.15, -0.1) is 0 Å². The third kappa shape index (κ3) is 3.80. The zero-order valence-corrected chi connectivity index (χ0v) is 16.9. The molecule has 146 valence electrons. The van der Waals surface area contributed by atoms with Crippen LogP contribution < -0.4 is 0 Å². The SMILES string of the molecule is CCCCC1(CCCC)CN=CC(C(=O)OCC)c2[nH]c3ccccc3c21. The highest BCUT2D eigenvalue weighted by atomic mass is 16.5. The van der Waals surface area contributed by atoms with Crippen molar-refractivity contribution in [3.8, 4) is 0 Å². The summed E-state index contributed by atoms with van der Waals surface area (Å²) in [5.74, 6) is -0.659. The summed E-state index contributed by atoms with van der Waals surface area (Å²) in [7, 11) is 0. The molecule has 4 heteroatoms. The van der Waals surface area contributed by atoms with Crippen LogP contribution in [0.15, 0.2) is 29.3 Å². The molecule has 0 saturated heterocycles. The largest absolute Gasteiger partial charge is 0.465 e. The van der Waals surface area contributed by atoms with Crippen molar-refractivity contribution < 1.29 is 9.53 Å². The maximum absolute atomic E-state index is 12.7. The lowest BCUT2D eigenvalue weighted by molar-refractivity contribution is -0.143. The second-order valence-corrected chi connectivity index (χ2v) is 7.67. The molecule has 1 aromatic heterocycles. The van der Waals surface area contributed by atoms with E-state index in [1.165, 1.54) is 23.8 Å². The van der Waals surface area contributed by atoms with Crippen LogP contribution in [-0.4, -0.2) is 30.3 Å². The molecular weight excluding hydrogens is 336 g/mol. The zero-order valence-electron chi connectivity index (χ0n) is 16.9. The highest BCUT2D eigenvalue weighted by molar-refractivity contribution is 5.99. The van der Waals surface area contributed by atoms with Gasteiger partial charge in [0.05, 0.1) is 6.61 Å². The molecule has 0 fully saturated rings. The van der Waals surface area contributed by atoms with Crippen LogP contribution in [0.25, 0.3) is 10.9 Å². The van der Waals surface area contributed by atoms with E-state index in [-0.39, 0.29) is 11.4 Å². The van der Waals surface area contributed by atoms with E-state index < -0.39 is 5.92 Å². The first kappa shape index (κ1) is 19.7. The number of aromatic nitrogens is 1. The van der Waals surface area contributed by atoms with E-state index in [4.69, 9.17) is 9.73 Å². The van der Waals surface area contributed by atoms with Crippen LogP contribution in [0, 0.1) is 0 Å². The molecule has 0 aliphatic carbocycles. The number of hydrogen-bond donors (Lipinski definition) is 1. The van der Waals surface area contributed by atoms with Crippen LogP contribution in [0.2, 0.25) is 0 Å². The van der Waals surface area contributed by atoms with Crippen molar-refractivity contribution in [2.75, 3.05) is 13.2 Å². The minimum Gasteiger partial charge on any atom is -0.465 e. The molecule has 1 aliphatic rings. The first-order valence-corrected chi connectivity index (χ1v) is 10.4. The summed E-state index contributed by atoms with van der Waals surface area (Å²) in [6, 6.07) is 8.43. The van der Waals surface area contributed by atoms with Crippen molar-refractivity contribution in [1.29, 1.82) is 0 Å². The van der Waals surface area contributed by atoms with E-state index in [2.05, 4.69) is 37.0 Å². The third-order valence-electron chi connectivity index (χ3n) is 5.78. The second-order valence-electron chi connectivity index (χ2n) is 7.67. The molecule has 1 N–H and O–H groups in total. The number of aromatic amines is 1. The van der Waals surface area contributed by atoms with Crippen LogP contribution in [0.4, 0.5) is 0 Å². The number of esters is 1. The number of ether oxygens (including phenoxy) is 1. The highest BCUT2D eigenvalue weighted by Crippen LogP contribution is 2.45. The first-order chi connectivity index (χ1) is 13.2. The Bertz CT molecular complexity index is 798. The normalized spacial score (nSPS) is 18.3. The van der Waals surface area contributed by atoms with Crippen molar-refractivity contribution in [1.82, 2.24) is 4.98 Å². The molecule has 1 aliphatic heterocycles. The van der Waals surface area contributed by atoms with Crippen LogP contribution >= 0.6 is 0 Å². The van der Waals surface area contributed by atoms with E-state index in [0.717, 1.165) is 43.4 Å². The molecule has 1 unspecified atom stereocenters. The molecule has 27 heavy (non-hydrogen) atoms. The number of H-pyrrole nitrogens is 1. The van der Waals surface area contributed by atoms with Gasteiger partial charge in [0.25, 0.3) is 0 Å². The highest BCUT2D eigenvalue weighted by Gasteiger charge is 2.40. The average molecular weight is 369 g/mol. The molecule has 1 atom stereocenters. The Hall–Kier alpha value is -2.10. The molecule has 2 aromatic rings. The zero-order chi connectivity index (χ0) is 19.3.